The van der Waals surface area contributed by atoms with Crippen molar-refractivity contribution in [2.45, 2.75) is 6.04 Å². The van der Waals surface area contributed by atoms with Gasteiger partial charge in [0.15, 0.2) is 5.82 Å². The molecule has 8 heteroatoms. The number of nitrogens with zero attached hydrogens (tertiary/aromatic N) is 4. The van der Waals surface area contributed by atoms with E-state index in [1.54, 1.807) is 14.1 Å². The number of nitrogens with one attached hydrogen (secondary N) is 2. The standard InChI is InChI=1S/C16H22N6O2/c1-21(2)16(23)18-12-6-4-5-11(9-12)15-19-14(20-24-15)13-10-17-7-8-22(13)3/h4-6,9,13,17H,7-8,10H2,1-3H3,(H,18,23). The van der Waals surface area contributed by atoms with Crippen molar-refractivity contribution in [2.24, 2.45) is 0 Å². The number of amides is 2. The summed E-state index contributed by atoms with van der Waals surface area (Å²) >= 11 is 0. The first-order valence-corrected chi connectivity index (χ1v) is 7.88. The fourth-order valence-electron chi connectivity index (χ4n) is 2.55. The Morgan fingerprint density at radius 2 is 2.29 bits per heavy atom. The Kier molecular flexibility index (Phi) is 4.77. The van der Waals surface area contributed by atoms with Gasteiger partial charge in [-0.2, -0.15) is 4.98 Å². The smallest absolute Gasteiger partial charge is 0.321 e. The molecule has 1 aliphatic heterocycles. The maximum absolute atomic E-state index is 11.8. The molecule has 2 amide bonds. The lowest BCUT2D eigenvalue weighted by molar-refractivity contribution is 0.190. The summed E-state index contributed by atoms with van der Waals surface area (Å²) in [5.74, 6) is 1.12. The van der Waals surface area contributed by atoms with Crippen molar-refractivity contribution in [2.75, 3.05) is 46.1 Å². The highest BCUT2D eigenvalue weighted by molar-refractivity contribution is 5.89. The number of hydrogen-bond donors (Lipinski definition) is 2. The van der Waals surface area contributed by atoms with E-state index in [2.05, 4.69) is 32.7 Å². The number of benzene rings is 1. The minimum absolute atomic E-state index is 0.105. The van der Waals surface area contributed by atoms with Crippen LogP contribution in [0.15, 0.2) is 28.8 Å². The summed E-state index contributed by atoms with van der Waals surface area (Å²) in [5.41, 5.74) is 1.46. The van der Waals surface area contributed by atoms with E-state index in [-0.39, 0.29) is 12.1 Å². The fourth-order valence-corrected chi connectivity index (χ4v) is 2.55. The Balaban J connectivity index is 1.78. The lowest BCUT2D eigenvalue weighted by atomic mass is 10.2. The van der Waals surface area contributed by atoms with Gasteiger partial charge >= 0.3 is 6.03 Å². The van der Waals surface area contributed by atoms with E-state index >= 15 is 0 Å². The number of likely N-dealkylation sites (N-methyl/N-ethyl adjacent to an activating group) is 1. The van der Waals surface area contributed by atoms with Crippen LogP contribution in [0.5, 0.6) is 0 Å². The van der Waals surface area contributed by atoms with Crippen LogP contribution in [-0.2, 0) is 0 Å². The van der Waals surface area contributed by atoms with Crippen molar-refractivity contribution < 1.29 is 9.32 Å². The van der Waals surface area contributed by atoms with E-state index in [0.717, 1.165) is 25.2 Å². The Hall–Kier alpha value is -2.45. The second kappa shape index (κ2) is 6.98. The average Bonchev–Trinajstić information content (AvgIpc) is 3.05. The molecular weight excluding hydrogens is 308 g/mol. The van der Waals surface area contributed by atoms with Gasteiger partial charge in [0.25, 0.3) is 5.89 Å². The maximum atomic E-state index is 11.8. The molecule has 2 heterocycles. The predicted octanol–water partition coefficient (Wildman–Crippen LogP) is 1.41. The van der Waals surface area contributed by atoms with Crippen LogP contribution in [0.2, 0.25) is 0 Å². The third-order valence-electron chi connectivity index (χ3n) is 4.02. The van der Waals surface area contributed by atoms with Crippen molar-refractivity contribution in [3.05, 3.63) is 30.1 Å². The SMILES string of the molecule is CN(C)C(=O)Nc1cccc(-c2nc(C3CNCCN3C)no2)c1. The monoisotopic (exact) mass is 330 g/mol. The summed E-state index contributed by atoms with van der Waals surface area (Å²) in [5, 5.41) is 10.3. The predicted molar refractivity (Wildman–Crippen MR) is 90.7 cm³/mol. The zero-order valence-corrected chi connectivity index (χ0v) is 14.1. The maximum Gasteiger partial charge on any atom is 0.321 e. The summed E-state index contributed by atoms with van der Waals surface area (Å²) in [4.78, 5) is 20.0. The van der Waals surface area contributed by atoms with Crippen LogP contribution in [0.1, 0.15) is 11.9 Å². The summed E-state index contributed by atoms with van der Waals surface area (Å²) in [7, 11) is 5.44. The van der Waals surface area contributed by atoms with Gasteiger partial charge in [0.05, 0.1) is 6.04 Å². The normalized spacial score (nSPS) is 18.4. The number of carbonyl (C=O) groups excluding carboxylic acids is 1. The van der Waals surface area contributed by atoms with E-state index in [9.17, 15) is 4.79 Å². The van der Waals surface area contributed by atoms with Crippen LogP contribution in [-0.4, -0.2) is 66.7 Å². The van der Waals surface area contributed by atoms with Crippen molar-refractivity contribution in [1.29, 1.82) is 0 Å². The van der Waals surface area contributed by atoms with Crippen LogP contribution in [0, 0.1) is 0 Å². The second-order valence-corrected chi connectivity index (χ2v) is 6.06. The molecule has 24 heavy (non-hydrogen) atoms. The fraction of sp³-hybridized carbons (Fsp3) is 0.438. The van der Waals surface area contributed by atoms with Crippen LogP contribution in [0.4, 0.5) is 10.5 Å². The highest BCUT2D eigenvalue weighted by Gasteiger charge is 2.25. The molecule has 1 aromatic carbocycles. The van der Waals surface area contributed by atoms with Gasteiger partial charge in [0, 0.05) is 45.0 Å². The Morgan fingerprint density at radius 1 is 1.46 bits per heavy atom. The van der Waals surface area contributed by atoms with Crippen LogP contribution in [0.25, 0.3) is 11.5 Å². The zero-order chi connectivity index (χ0) is 17.1. The van der Waals surface area contributed by atoms with Gasteiger partial charge in [0.1, 0.15) is 0 Å². The van der Waals surface area contributed by atoms with Gasteiger partial charge in [-0.3, -0.25) is 4.90 Å². The topological polar surface area (TPSA) is 86.5 Å². The molecule has 1 fully saturated rings. The largest absolute Gasteiger partial charge is 0.334 e. The number of aromatic nitrogens is 2. The lowest BCUT2D eigenvalue weighted by Gasteiger charge is -2.30. The minimum atomic E-state index is -0.187. The molecular formula is C16H22N6O2. The highest BCUT2D eigenvalue weighted by atomic mass is 16.5. The molecule has 1 atom stereocenters. The molecule has 1 unspecified atom stereocenters. The van der Waals surface area contributed by atoms with E-state index in [1.165, 1.54) is 4.90 Å². The molecule has 128 valence electrons. The van der Waals surface area contributed by atoms with E-state index in [0.29, 0.717) is 17.4 Å². The quantitative estimate of drug-likeness (QED) is 0.885. The number of urea groups is 1. The summed E-state index contributed by atoms with van der Waals surface area (Å²) in [6.45, 7) is 2.71. The molecule has 1 saturated heterocycles. The first-order chi connectivity index (χ1) is 11.5. The molecule has 1 aliphatic rings. The van der Waals surface area contributed by atoms with Crippen molar-refractivity contribution in [3.63, 3.8) is 0 Å². The van der Waals surface area contributed by atoms with Gasteiger partial charge in [-0.15, -0.1) is 0 Å². The third-order valence-corrected chi connectivity index (χ3v) is 4.02. The van der Waals surface area contributed by atoms with Crippen LogP contribution < -0.4 is 10.6 Å². The Labute approximate surface area is 140 Å². The van der Waals surface area contributed by atoms with Gasteiger partial charge in [-0.1, -0.05) is 11.2 Å². The highest BCUT2D eigenvalue weighted by Crippen LogP contribution is 2.24. The van der Waals surface area contributed by atoms with Crippen molar-refractivity contribution in [3.8, 4) is 11.5 Å². The minimum Gasteiger partial charge on any atom is -0.334 e. The Bertz CT molecular complexity index is 714. The molecule has 8 nitrogen and oxygen atoms in total. The van der Waals surface area contributed by atoms with Crippen LogP contribution in [0.3, 0.4) is 0 Å². The average molecular weight is 330 g/mol. The summed E-state index contributed by atoms with van der Waals surface area (Å²) < 4.78 is 5.42. The molecule has 0 saturated carbocycles. The molecule has 1 aromatic heterocycles. The molecule has 0 aliphatic carbocycles. The molecule has 0 bridgehead atoms. The molecule has 3 rings (SSSR count). The molecule has 2 aromatic rings. The third kappa shape index (κ3) is 3.55. The van der Waals surface area contributed by atoms with Gasteiger partial charge in [-0.25, -0.2) is 4.79 Å². The van der Waals surface area contributed by atoms with Crippen molar-refractivity contribution in [1.82, 2.24) is 25.3 Å². The summed E-state index contributed by atoms with van der Waals surface area (Å²) in [6.07, 6.45) is 0. The number of carbonyl (C=O) groups is 1. The van der Waals surface area contributed by atoms with E-state index < -0.39 is 0 Å². The number of hydrogen-bond acceptors (Lipinski definition) is 6. The van der Waals surface area contributed by atoms with Crippen LogP contribution >= 0.6 is 0 Å². The first-order valence-electron chi connectivity index (χ1n) is 7.88. The van der Waals surface area contributed by atoms with Gasteiger partial charge in [-0.05, 0) is 25.2 Å². The number of anilines is 1. The van der Waals surface area contributed by atoms with Crippen molar-refractivity contribution >= 4 is 11.7 Å². The van der Waals surface area contributed by atoms with E-state index in [4.69, 9.17) is 4.52 Å². The first kappa shape index (κ1) is 16.4. The molecule has 0 spiro atoms. The molecule has 0 radical (unpaired) electrons. The van der Waals surface area contributed by atoms with Gasteiger partial charge < -0.3 is 20.1 Å². The summed E-state index contributed by atoms with van der Waals surface area (Å²) in [6, 6.07) is 7.29. The zero-order valence-electron chi connectivity index (χ0n) is 14.1. The van der Waals surface area contributed by atoms with E-state index in [1.807, 2.05) is 24.3 Å². The number of piperazine rings is 1. The second-order valence-electron chi connectivity index (χ2n) is 6.06. The lowest BCUT2D eigenvalue weighted by Crippen LogP contribution is -2.44. The molecule has 2 N–H and O–H groups in total. The number of rotatable bonds is 3. The van der Waals surface area contributed by atoms with Gasteiger partial charge in [0.2, 0.25) is 0 Å². The Morgan fingerprint density at radius 3 is 3.04 bits per heavy atom.